The summed E-state index contributed by atoms with van der Waals surface area (Å²) in [5, 5.41) is 4.23. The fourth-order valence-corrected chi connectivity index (χ4v) is 1.22. The highest BCUT2D eigenvalue weighted by Crippen LogP contribution is 2.21. The first-order valence-electron chi connectivity index (χ1n) is 3.25. The average molecular weight is 159 g/mol. The fourth-order valence-electron chi connectivity index (χ4n) is 1.01. The first-order chi connectivity index (χ1) is 4.61. The van der Waals surface area contributed by atoms with Gasteiger partial charge in [-0.2, -0.15) is 5.10 Å². The molecule has 0 radical (unpaired) electrons. The zero-order valence-corrected chi connectivity index (χ0v) is 7.18. The van der Waals surface area contributed by atoms with Gasteiger partial charge < -0.3 is 0 Å². The smallest absolute Gasteiger partial charge is 0.0640 e. The SMILES string of the molecule is Cc1nn(C)cc1C(C)Cl. The molecule has 1 heterocycles. The maximum absolute atomic E-state index is 5.87. The fraction of sp³-hybridized carbons (Fsp3) is 0.571. The monoisotopic (exact) mass is 158 g/mol. The standard InChI is InChI=1S/C7H11ClN2/c1-5(8)7-4-10(3)9-6(7)2/h4-5H,1-3H3. The first kappa shape index (κ1) is 7.61. The molecule has 1 aromatic rings. The van der Waals surface area contributed by atoms with Gasteiger partial charge in [-0.3, -0.25) is 4.68 Å². The highest BCUT2D eigenvalue weighted by atomic mass is 35.5. The third-order valence-corrected chi connectivity index (χ3v) is 1.72. The molecule has 1 aromatic heterocycles. The molecule has 0 fully saturated rings. The van der Waals surface area contributed by atoms with E-state index < -0.39 is 0 Å². The molecule has 0 saturated heterocycles. The molecule has 56 valence electrons. The summed E-state index contributed by atoms with van der Waals surface area (Å²) in [6, 6.07) is 0. The lowest BCUT2D eigenvalue weighted by Gasteiger charge is -1.96. The Morgan fingerprint density at radius 2 is 2.30 bits per heavy atom. The lowest BCUT2D eigenvalue weighted by molar-refractivity contribution is 0.756. The van der Waals surface area contributed by atoms with E-state index in [1.807, 2.05) is 27.1 Å². The van der Waals surface area contributed by atoms with Gasteiger partial charge in [0.2, 0.25) is 0 Å². The Hall–Kier alpha value is -0.500. The predicted molar refractivity (Wildman–Crippen MR) is 42.2 cm³/mol. The number of halogens is 1. The molecule has 0 spiro atoms. The van der Waals surface area contributed by atoms with Gasteiger partial charge in [0.1, 0.15) is 0 Å². The molecular weight excluding hydrogens is 148 g/mol. The normalized spacial score (nSPS) is 13.6. The van der Waals surface area contributed by atoms with Crippen molar-refractivity contribution in [3.05, 3.63) is 17.5 Å². The van der Waals surface area contributed by atoms with Crippen molar-refractivity contribution in [2.45, 2.75) is 19.2 Å². The van der Waals surface area contributed by atoms with E-state index in [0.29, 0.717) is 0 Å². The van der Waals surface area contributed by atoms with Crippen LogP contribution in [0.4, 0.5) is 0 Å². The van der Waals surface area contributed by atoms with Crippen LogP contribution in [0.3, 0.4) is 0 Å². The van der Waals surface area contributed by atoms with Crippen molar-refractivity contribution in [3.8, 4) is 0 Å². The second kappa shape index (κ2) is 2.62. The summed E-state index contributed by atoms with van der Waals surface area (Å²) in [6.07, 6.45) is 1.95. The van der Waals surface area contributed by atoms with Gasteiger partial charge in [0.05, 0.1) is 11.1 Å². The molecule has 1 rings (SSSR count). The molecule has 0 aromatic carbocycles. The highest BCUT2D eigenvalue weighted by molar-refractivity contribution is 6.20. The van der Waals surface area contributed by atoms with Crippen LogP contribution in [0, 0.1) is 6.92 Å². The Balaban J connectivity index is 3.03. The van der Waals surface area contributed by atoms with Crippen molar-refractivity contribution in [2.24, 2.45) is 7.05 Å². The molecule has 2 nitrogen and oxygen atoms in total. The van der Waals surface area contributed by atoms with E-state index in [0.717, 1.165) is 11.3 Å². The number of hydrogen-bond acceptors (Lipinski definition) is 1. The van der Waals surface area contributed by atoms with Crippen LogP contribution in [0.5, 0.6) is 0 Å². The minimum atomic E-state index is 0.0636. The highest BCUT2D eigenvalue weighted by Gasteiger charge is 2.07. The average Bonchev–Trinajstić information content (AvgIpc) is 2.10. The lowest BCUT2D eigenvalue weighted by atomic mass is 10.2. The van der Waals surface area contributed by atoms with Crippen LogP contribution in [0.2, 0.25) is 0 Å². The summed E-state index contributed by atoms with van der Waals surface area (Å²) in [5.74, 6) is 0. The lowest BCUT2D eigenvalue weighted by Crippen LogP contribution is -1.86. The van der Waals surface area contributed by atoms with E-state index in [1.165, 1.54) is 0 Å². The summed E-state index contributed by atoms with van der Waals surface area (Å²) < 4.78 is 1.78. The van der Waals surface area contributed by atoms with Gasteiger partial charge in [-0.15, -0.1) is 11.6 Å². The van der Waals surface area contributed by atoms with Gasteiger partial charge in [0.15, 0.2) is 0 Å². The number of alkyl halides is 1. The Kier molecular flexibility index (Phi) is 2.00. The Bertz CT molecular complexity index is 228. The van der Waals surface area contributed by atoms with Crippen LogP contribution in [0.15, 0.2) is 6.20 Å². The quantitative estimate of drug-likeness (QED) is 0.572. The molecule has 10 heavy (non-hydrogen) atoms. The van der Waals surface area contributed by atoms with Crippen LogP contribution >= 0.6 is 11.6 Å². The zero-order chi connectivity index (χ0) is 7.72. The van der Waals surface area contributed by atoms with E-state index in [9.17, 15) is 0 Å². The van der Waals surface area contributed by atoms with Crippen molar-refractivity contribution < 1.29 is 0 Å². The molecule has 0 N–H and O–H groups in total. The molecule has 0 aliphatic heterocycles. The maximum Gasteiger partial charge on any atom is 0.0640 e. The first-order valence-corrected chi connectivity index (χ1v) is 3.69. The summed E-state index contributed by atoms with van der Waals surface area (Å²) in [5.41, 5.74) is 2.13. The molecule has 0 bridgehead atoms. The van der Waals surface area contributed by atoms with Crippen LogP contribution in [0.1, 0.15) is 23.6 Å². The number of aromatic nitrogens is 2. The molecule has 3 heteroatoms. The number of nitrogens with zero attached hydrogens (tertiary/aromatic N) is 2. The van der Waals surface area contributed by atoms with Crippen LogP contribution in [-0.2, 0) is 7.05 Å². The van der Waals surface area contributed by atoms with E-state index in [4.69, 9.17) is 11.6 Å². The predicted octanol–water partition coefficient (Wildman–Crippen LogP) is 2.03. The summed E-state index contributed by atoms with van der Waals surface area (Å²) >= 11 is 5.87. The van der Waals surface area contributed by atoms with E-state index >= 15 is 0 Å². The minimum absolute atomic E-state index is 0.0636. The molecule has 0 saturated carbocycles. The van der Waals surface area contributed by atoms with Crippen molar-refractivity contribution >= 4 is 11.6 Å². The minimum Gasteiger partial charge on any atom is -0.275 e. The number of hydrogen-bond donors (Lipinski definition) is 0. The van der Waals surface area contributed by atoms with E-state index in [-0.39, 0.29) is 5.38 Å². The van der Waals surface area contributed by atoms with Crippen LogP contribution in [0.25, 0.3) is 0 Å². The second-order valence-corrected chi connectivity index (χ2v) is 3.11. The molecular formula is C7H11ClN2. The summed E-state index contributed by atoms with van der Waals surface area (Å²) in [7, 11) is 1.90. The number of rotatable bonds is 1. The van der Waals surface area contributed by atoms with Gasteiger partial charge >= 0.3 is 0 Å². The number of aryl methyl sites for hydroxylation is 2. The Morgan fingerprint density at radius 1 is 1.70 bits per heavy atom. The summed E-state index contributed by atoms with van der Waals surface area (Å²) in [6.45, 7) is 3.92. The molecule has 0 aliphatic carbocycles. The van der Waals surface area contributed by atoms with Crippen molar-refractivity contribution in [1.82, 2.24) is 9.78 Å². The van der Waals surface area contributed by atoms with E-state index in [1.54, 1.807) is 4.68 Å². The van der Waals surface area contributed by atoms with Gasteiger partial charge in [0, 0.05) is 18.8 Å². The van der Waals surface area contributed by atoms with E-state index in [2.05, 4.69) is 5.10 Å². The van der Waals surface area contributed by atoms with Crippen molar-refractivity contribution in [1.29, 1.82) is 0 Å². The van der Waals surface area contributed by atoms with Crippen molar-refractivity contribution in [2.75, 3.05) is 0 Å². The van der Waals surface area contributed by atoms with Crippen molar-refractivity contribution in [3.63, 3.8) is 0 Å². The Labute approximate surface area is 65.8 Å². The zero-order valence-electron chi connectivity index (χ0n) is 6.43. The van der Waals surface area contributed by atoms with Crippen LogP contribution < -0.4 is 0 Å². The molecule has 0 aliphatic rings. The van der Waals surface area contributed by atoms with Gasteiger partial charge in [0.25, 0.3) is 0 Å². The Morgan fingerprint density at radius 3 is 2.50 bits per heavy atom. The summed E-state index contributed by atoms with van der Waals surface area (Å²) in [4.78, 5) is 0. The topological polar surface area (TPSA) is 17.8 Å². The van der Waals surface area contributed by atoms with Crippen LogP contribution in [-0.4, -0.2) is 9.78 Å². The molecule has 1 unspecified atom stereocenters. The van der Waals surface area contributed by atoms with Gasteiger partial charge in [-0.1, -0.05) is 0 Å². The third kappa shape index (κ3) is 1.32. The third-order valence-electron chi connectivity index (χ3n) is 1.48. The second-order valence-electron chi connectivity index (χ2n) is 2.46. The molecule has 0 amide bonds. The van der Waals surface area contributed by atoms with Gasteiger partial charge in [-0.05, 0) is 13.8 Å². The molecule has 1 atom stereocenters. The maximum atomic E-state index is 5.87. The van der Waals surface area contributed by atoms with Gasteiger partial charge in [-0.25, -0.2) is 0 Å². The largest absolute Gasteiger partial charge is 0.275 e.